The topological polar surface area (TPSA) is 96.3 Å². The molecular formula is C28H40N2O5S. The van der Waals surface area contributed by atoms with Gasteiger partial charge in [0.2, 0.25) is 5.91 Å². The van der Waals surface area contributed by atoms with Gasteiger partial charge in [0.15, 0.2) is 0 Å². The van der Waals surface area contributed by atoms with E-state index < -0.39 is 12.0 Å². The Kier molecular flexibility index (Phi) is 9.97. The predicted molar refractivity (Wildman–Crippen MR) is 144 cm³/mol. The molecule has 0 aliphatic carbocycles. The summed E-state index contributed by atoms with van der Waals surface area (Å²) in [5, 5.41) is 12.8. The van der Waals surface area contributed by atoms with Crippen LogP contribution < -0.4 is 4.74 Å². The molecule has 0 spiro atoms. The SMILES string of the molecule is CCC(CC)(c1ccc(OCC(O)C(C)(C)C)c(C)c1)c1cc(C)c(CN(CC(=O)N=O)C(C)=O)s1. The van der Waals surface area contributed by atoms with Gasteiger partial charge in [-0.15, -0.1) is 16.2 Å². The van der Waals surface area contributed by atoms with Gasteiger partial charge in [-0.1, -0.05) is 46.8 Å². The van der Waals surface area contributed by atoms with Crippen molar-refractivity contribution in [2.45, 2.75) is 86.3 Å². The third kappa shape index (κ3) is 6.79. The molecule has 1 N–H and O–H groups in total. The van der Waals surface area contributed by atoms with E-state index in [9.17, 15) is 19.6 Å². The van der Waals surface area contributed by atoms with E-state index in [-0.39, 0.29) is 36.4 Å². The molecule has 0 aliphatic rings. The van der Waals surface area contributed by atoms with Gasteiger partial charge in [-0.3, -0.25) is 9.59 Å². The Bertz CT molecular complexity index is 1080. The summed E-state index contributed by atoms with van der Waals surface area (Å²) in [6.07, 6.45) is 1.20. The Balaban J connectivity index is 2.37. The Labute approximate surface area is 218 Å². The van der Waals surface area contributed by atoms with Gasteiger partial charge in [-0.25, -0.2) is 0 Å². The normalized spacial score (nSPS) is 12.8. The van der Waals surface area contributed by atoms with E-state index >= 15 is 0 Å². The van der Waals surface area contributed by atoms with Crippen LogP contribution in [0.25, 0.3) is 0 Å². The van der Waals surface area contributed by atoms with Crippen LogP contribution in [0.2, 0.25) is 0 Å². The molecule has 1 atom stereocenters. The predicted octanol–water partition coefficient (Wildman–Crippen LogP) is 5.90. The number of hydrogen-bond acceptors (Lipinski definition) is 6. The van der Waals surface area contributed by atoms with E-state index in [1.54, 1.807) is 11.3 Å². The highest BCUT2D eigenvalue weighted by Crippen LogP contribution is 2.44. The van der Waals surface area contributed by atoms with Crippen molar-refractivity contribution in [1.29, 1.82) is 0 Å². The molecule has 1 heterocycles. The largest absolute Gasteiger partial charge is 0.491 e. The summed E-state index contributed by atoms with van der Waals surface area (Å²) in [6, 6.07) is 8.42. The second-order valence-electron chi connectivity index (χ2n) is 10.5. The molecule has 0 fully saturated rings. The molecule has 0 saturated heterocycles. The smallest absolute Gasteiger partial charge is 0.305 e. The third-order valence-electron chi connectivity index (χ3n) is 7.03. The van der Waals surface area contributed by atoms with Crippen LogP contribution in [0.15, 0.2) is 29.4 Å². The summed E-state index contributed by atoms with van der Waals surface area (Å²) in [4.78, 5) is 37.7. The van der Waals surface area contributed by atoms with Crippen molar-refractivity contribution in [3.63, 3.8) is 0 Å². The van der Waals surface area contributed by atoms with E-state index in [1.807, 2.05) is 40.7 Å². The van der Waals surface area contributed by atoms with E-state index in [2.05, 4.69) is 37.2 Å². The summed E-state index contributed by atoms with van der Waals surface area (Å²) >= 11 is 1.64. The Morgan fingerprint density at radius 3 is 2.25 bits per heavy atom. The maximum atomic E-state index is 12.1. The van der Waals surface area contributed by atoms with E-state index in [4.69, 9.17) is 4.74 Å². The molecule has 2 rings (SSSR count). The van der Waals surface area contributed by atoms with Gasteiger partial charge in [0.25, 0.3) is 0 Å². The first kappa shape index (κ1) is 29.6. The number of carbonyl (C=O) groups excluding carboxylic acids is 2. The summed E-state index contributed by atoms with van der Waals surface area (Å²) < 4.78 is 5.95. The number of aliphatic hydroxyl groups is 1. The standard InChI is InChI=1S/C28H40N2O5S/c1-9-28(10-2,21-11-12-22(18(3)13-21)35-17-24(32)27(6,7)8)25-14-19(4)23(36-25)15-30(20(5)31)16-26(33)29-34/h11-14,24,32H,9-10,15-17H2,1-8H3. The maximum absolute atomic E-state index is 12.1. The number of thiophene rings is 1. The highest BCUT2D eigenvalue weighted by Gasteiger charge is 2.34. The summed E-state index contributed by atoms with van der Waals surface area (Å²) in [7, 11) is 0. The molecular weight excluding hydrogens is 476 g/mol. The second-order valence-corrected chi connectivity index (χ2v) is 11.7. The van der Waals surface area contributed by atoms with Crippen molar-refractivity contribution >= 4 is 23.2 Å². The molecule has 1 aromatic heterocycles. The number of nitrogens with zero attached hydrogens (tertiary/aromatic N) is 2. The number of ether oxygens (including phenoxy) is 1. The minimum atomic E-state index is -0.858. The minimum absolute atomic E-state index is 0.219. The number of aliphatic hydroxyl groups excluding tert-OH is 1. The minimum Gasteiger partial charge on any atom is -0.491 e. The average molecular weight is 517 g/mol. The highest BCUT2D eigenvalue weighted by atomic mass is 32.1. The first-order chi connectivity index (χ1) is 16.8. The molecule has 7 nitrogen and oxygen atoms in total. The van der Waals surface area contributed by atoms with E-state index in [0.717, 1.165) is 34.6 Å². The van der Waals surface area contributed by atoms with Crippen LogP contribution in [0.4, 0.5) is 0 Å². The fourth-order valence-corrected chi connectivity index (χ4v) is 5.78. The van der Waals surface area contributed by atoms with Crippen LogP contribution in [-0.4, -0.2) is 41.1 Å². The molecule has 36 heavy (non-hydrogen) atoms. The van der Waals surface area contributed by atoms with Crippen molar-refractivity contribution in [2.24, 2.45) is 10.6 Å². The van der Waals surface area contributed by atoms with Crippen molar-refractivity contribution in [1.82, 2.24) is 4.90 Å². The molecule has 198 valence electrons. The van der Waals surface area contributed by atoms with Crippen LogP contribution in [0.1, 0.15) is 80.8 Å². The zero-order valence-corrected chi connectivity index (χ0v) is 23.6. The fourth-order valence-electron chi connectivity index (χ4n) is 4.23. The van der Waals surface area contributed by atoms with Gasteiger partial charge >= 0.3 is 5.91 Å². The maximum Gasteiger partial charge on any atom is 0.305 e. The third-order valence-corrected chi connectivity index (χ3v) is 8.46. The van der Waals surface area contributed by atoms with Crippen LogP contribution in [0, 0.1) is 24.2 Å². The van der Waals surface area contributed by atoms with Gasteiger partial charge in [0, 0.05) is 27.3 Å². The molecule has 8 heteroatoms. The number of hydrogen-bond donors (Lipinski definition) is 1. The lowest BCUT2D eigenvalue weighted by atomic mass is 9.74. The molecule has 0 aliphatic heterocycles. The van der Waals surface area contributed by atoms with Crippen molar-refractivity contribution < 1.29 is 19.4 Å². The van der Waals surface area contributed by atoms with Crippen molar-refractivity contribution in [3.8, 4) is 5.75 Å². The number of nitroso groups, excluding NO2 is 1. The van der Waals surface area contributed by atoms with Crippen LogP contribution in [0.3, 0.4) is 0 Å². The molecule has 0 saturated carbocycles. The van der Waals surface area contributed by atoms with Crippen molar-refractivity contribution in [3.05, 3.63) is 55.6 Å². The average Bonchev–Trinajstić information content (AvgIpc) is 3.18. The Morgan fingerprint density at radius 1 is 1.11 bits per heavy atom. The molecule has 2 amide bonds. The number of benzene rings is 1. The zero-order valence-electron chi connectivity index (χ0n) is 22.8. The van der Waals surface area contributed by atoms with E-state index in [1.165, 1.54) is 22.3 Å². The number of rotatable bonds is 11. The van der Waals surface area contributed by atoms with E-state index in [0.29, 0.717) is 0 Å². The van der Waals surface area contributed by atoms with Crippen LogP contribution in [0.5, 0.6) is 5.75 Å². The molecule has 2 aromatic rings. The molecule has 1 unspecified atom stereocenters. The van der Waals surface area contributed by atoms with Crippen LogP contribution in [-0.2, 0) is 21.5 Å². The van der Waals surface area contributed by atoms with Gasteiger partial charge < -0.3 is 14.7 Å². The van der Waals surface area contributed by atoms with Gasteiger partial charge in [0.1, 0.15) is 18.9 Å². The Hall–Kier alpha value is -2.58. The summed E-state index contributed by atoms with van der Waals surface area (Å²) in [6.45, 7) is 15.9. The fraction of sp³-hybridized carbons (Fsp3) is 0.571. The number of amides is 2. The molecule has 1 aromatic carbocycles. The van der Waals surface area contributed by atoms with Crippen molar-refractivity contribution in [2.75, 3.05) is 13.2 Å². The zero-order chi connectivity index (χ0) is 27.3. The summed E-state index contributed by atoms with van der Waals surface area (Å²) in [5.41, 5.74) is 2.77. The monoisotopic (exact) mass is 516 g/mol. The lowest BCUT2D eigenvalue weighted by Crippen LogP contribution is -2.32. The van der Waals surface area contributed by atoms with Gasteiger partial charge in [0.05, 0.1) is 12.6 Å². The highest BCUT2D eigenvalue weighted by molar-refractivity contribution is 7.12. The quantitative estimate of drug-likeness (QED) is 0.375. The molecule has 0 radical (unpaired) electrons. The van der Waals surface area contributed by atoms with Crippen LogP contribution >= 0.6 is 11.3 Å². The lowest BCUT2D eigenvalue weighted by Gasteiger charge is -2.32. The first-order valence-corrected chi connectivity index (χ1v) is 13.2. The van der Waals surface area contributed by atoms with Gasteiger partial charge in [-0.2, -0.15) is 0 Å². The Morgan fingerprint density at radius 2 is 1.75 bits per heavy atom. The second kappa shape index (κ2) is 12.1. The summed E-state index contributed by atoms with van der Waals surface area (Å²) in [5.74, 6) is -0.373. The number of carbonyl (C=O) groups is 2. The lowest BCUT2D eigenvalue weighted by molar-refractivity contribution is -0.133. The van der Waals surface area contributed by atoms with Gasteiger partial charge in [-0.05, 0) is 60.9 Å². The number of aryl methyl sites for hydroxylation is 2. The molecule has 0 bridgehead atoms. The first-order valence-electron chi connectivity index (χ1n) is 12.4.